The van der Waals surface area contributed by atoms with Gasteiger partial charge in [-0.2, -0.15) is 0 Å². The van der Waals surface area contributed by atoms with E-state index in [1.165, 1.54) is 6.20 Å². The van der Waals surface area contributed by atoms with Gasteiger partial charge in [-0.1, -0.05) is 12.1 Å². The van der Waals surface area contributed by atoms with Crippen LogP contribution in [0.2, 0.25) is 0 Å². The van der Waals surface area contributed by atoms with Gasteiger partial charge in [0.05, 0.1) is 6.42 Å². The Balaban J connectivity index is 2.13. The zero-order valence-corrected chi connectivity index (χ0v) is 11.9. The molecule has 0 bridgehead atoms. The molecule has 0 aliphatic carbocycles. The van der Waals surface area contributed by atoms with E-state index in [-0.39, 0.29) is 12.3 Å². The van der Waals surface area contributed by atoms with Gasteiger partial charge in [0.25, 0.3) is 5.91 Å². The minimum Gasteiger partial charge on any atom is -0.481 e. The van der Waals surface area contributed by atoms with Crippen LogP contribution in [0.5, 0.6) is 0 Å². The predicted molar refractivity (Wildman–Crippen MR) is 77.7 cm³/mol. The van der Waals surface area contributed by atoms with Gasteiger partial charge in [-0.15, -0.1) is 0 Å². The maximum Gasteiger partial charge on any atom is 0.307 e. The largest absolute Gasteiger partial charge is 0.481 e. The summed E-state index contributed by atoms with van der Waals surface area (Å²) in [6.07, 6.45) is 1.45. The van der Waals surface area contributed by atoms with Crippen LogP contribution in [0.1, 0.15) is 15.9 Å². The second-order valence-corrected chi connectivity index (χ2v) is 4.90. The number of nitrogens with zero attached hydrogens (tertiary/aromatic N) is 1. The lowest BCUT2D eigenvalue weighted by Gasteiger charge is -2.07. The van der Waals surface area contributed by atoms with Crippen LogP contribution in [0.15, 0.2) is 47.2 Å². The average Bonchev–Trinajstić information content (AvgIpc) is 2.38. The maximum atomic E-state index is 12.0. The first-order valence-corrected chi connectivity index (χ1v) is 6.57. The van der Waals surface area contributed by atoms with Crippen molar-refractivity contribution >= 4 is 33.5 Å². The van der Waals surface area contributed by atoms with Crippen LogP contribution < -0.4 is 5.32 Å². The third-order valence-corrected chi connectivity index (χ3v) is 2.96. The summed E-state index contributed by atoms with van der Waals surface area (Å²) in [7, 11) is 0. The molecule has 0 atom stereocenters. The molecule has 0 unspecified atom stereocenters. The van der Waals surface area contributed by atoms with Crippen LogP contribution in [0.25, 0.3) is 0 Å². The van der Waals surface area contributed by atoms with Gasteiger partial charge in [0.15, 0.2) is 0 Å². The monoisotopic (exact) mass is 334 g/mol. The van der Waals surface area contributed by atoms with Gasteiger partial charge in [0, 0.05) is 17.4 Å². The first-order chi connectivity index (χ1) is 9.54. The quantitative estimate of drug-likeness (QED) is 0.842. The number of hydrogen-bond acceptors (Lipinski definition) is 3. The fourth-order valence-electron chi connectivity index (χ4n) is 1.68. The zero-order valence-electron chi connectivity index (χ0n) is 10.3. The van der Waals surface area contributed by atoms with Crippen LogP contribution in [0.3, 0.4) is 0 Å². The smallest absolute Gasteiger partial charge is 0.307 e. The number of carboxylic acids is 1. The Morgan fingerprint density at radius 3 is 2.75 bits per heavy atom. The number of pyridine rings is 1. The van der Waals surface area contributed by atoms with Crippen molar-refractivity contribution in [1.29, 1.82) is 0 Å². The molecule has 2 N–H and O–H groups in total. The van der Waals surface area contributed by atoms with Crippen molar-refractivity contribution in [2.45, 2.75) is 6.42 Å². The molecule has 5 nitrogen and oxygen atoms in total. The first-order valence-electron chi connectivity index (χ1n) is 5.78. The number of carbonyl (C=O) groups excluding carboxylic acids is 1. The highest BCUT2D eigenvalue weighted by Gasteiger charge is 2.08. The Hall–Kier alpha value is -2.21. The molecule has 1 aromatic heterocycles. The summed E-state index contributed by atoms with van der Waals surface area (Å²) in [4.78, 5) is 26.6. The third kappa shape index (κ3) is 3.89. The number of carboxylic acid groups (broad SMARTS) is 1. The lowest BCUT2D eigenvalue weighted by Crippen LogP contribution is -2.12. The summed E-state index contributed by atoms with van der Waals surface area (Å²) in [5.74, 6) is -1.19. The minimum absolute atomic E-state index is 0.0789. The van der Waals surface area contributed by atoms with Crippen molar-refractivity contribution in [3.8, 4) is 0 Å². The molecule has 0 aliphatic rings. The van der Waals surface area contributed by atoms with Crippen molar-refractivity contribution in [3.63, 3.8) is 0 Å². The molecule has 6 heteroatoms. The fraction of sp³-hybridized carbons (Fsp3) is 0.0714. The van der Waals surface area contributed by atoms with E-state index in [1.807, 2.05) is 0 Å². The molecule has 0 saturated heterocycles. The molecular formula is C14H11BrN2O3. The Bertz CT molecular complexity index is 658. The molecule has 1 aromatic carbocycles. The van der Waals surface area contributed by atoms with Crippen molar-refractivity contribution < 1.29 is 14.7 Å². The van der Waals surface area contributed by atoms with Gasteiger partial charge < -0.3 is 10.4 Å². The second kappa shape index (κ2) is 6.29. The highest BCUT2D eigenvalue weighted by atomic mass is 79.9. The molecule has 0 spiro atoms. The normalized spacial score (nSPS) is 10.1. The second-order valence-electron chi connectivity index (χ2n) is 4.09. The van der Waals surface area contributed by atoms with Crippen molar-refractivity contribution in [2.75, 3.05) is 5.32 Å². The Kier molecular flexibility index (Phi) is 4.47. The Morgan fingerprint density at radius 1 is 1.25 bits per heavy atom. The summed E-state index contributed by atoms with van der Waals surface area (Å²) < 4.78 is 0.574. The van der Waals surface area contributed by atoms with Crippen molar-refractivity contribution in [1.82, 2.24) is 4.98 Å². The van der Waals surface area contributed by atoms with Gasteiger partial charge in [0.2, 0.25) is 0 Å². The maximum absolute atomic E-state index is 12.0. The number of aromatic nitrogens is 1. The summed E-state index contributed by atoms with van der Waals surface area (Å²) in [6.45, 7) is 0. The van der Waals surface area contributed by atoms with Gasteiger partial charge in [-0.3, -0.25) is 9.59 Å². The van der Waals surface area contributed by atoms with E-state index in [0.717, 1.165) is 0 Å². The van der Waals surface area contributed by atoms with E-state index in [9.17, 15) is 9.59 Å². The number of halogens is 1. The predicted octanol–water partition coefficient (Wildman–Crippen LogP) is 2.72. The standard InChI is InChI=1S/C14H11BrN2O3/c15-12-8-10(4-5-16-12)14(20)17-11-3-1-2-9(6-11)7-13(18)19/h1-6,8H,7H2,(H,17,20)(H,18,19). The SMILES string of the molecule is O=C(O)Cc1cccc(NC(=O)c2ccnc(Br)c2)c1. The number of carbonyl (C=O) groups is 2. The highest BCUT2D eigenvalue weighted by Crippen LogP contribution is 2.14. The summed E-state index contributed by atoms with van der Waals surface area (Å²) >= 11 is 3.20. The lowest BCUT2D eigenvalue weighted by atomic mass is 10.1. The number of anilines is 1. The number of nitrogens with one attached hydrogen (secondary N) is 1. The van der Waals surface area contributed by atoms with Crippen molar-refractivity contribution in [3.05, 3.63) is 58.3 Å². The van der Waals surface area contributed by atoms with E-state index in [2.05, 4.69) is 26.2 Å². The third-order valence-electron chi connectivity index (χ3n) is 2.53. The van der Waals surface area contributed by atoms with Gasteiger partial charge in [-0.05, 0) is 45.8 Å². The minimum atomic E-state index is -0.911. The fourth-order valence-corrected chi connectivity index (χ4v) is 2.05. The molecule has 1 amide bonds. The van der Waals surface area contributed by atoms with Crippen LogP contribution in [0, 0.1) is 0 Å². The van der Waals surface area contributed by atoms with E-state index < -0.39 is 5.97 Å². The number of benzene rings is 1. The average molecular weight is 335 g/mol. The number of amides is 1. The Morgan fingerprint density at radius 2 is 2.05 bits per heavy atom. The molecule has 1 heterocycles. The summed E-state index contributed by atoms with van der Waals surface area (Å²) in [5.41, 5.74) is 1.66. The summed E-state index contributed by atoms with van der Waals surface area (Å²) in [5, 5.41) is 11.5. The molecule has 102 valence electrons. The van der Waals surface area contributed by atoms with E-state index in [0.29, 0.717) is 21.4 Å². The molecule has 2 aromatic rings. The molecule has 0 aliphatic heterocycles. The number of aliphatic carboxylic acids is 1. The van der Waals surface area contributed by atoms with Gasteiger partial charge >= 0.3 is 5.97 Å². The van der Waals surface area contributed by atoms with Gasteiger partial charge in [0.1, 0.15) is 4.60 Å². The molecular weight excluding hydrogens is 324 g/mol. The van der Waals surface area contributed by atoms with Crippen LogP contribution in [0.4, 0.5) is 5.69 Å². The lowest BCUT2D eigenvalue weighted by molar-refractivity contribution is -0.136. The first kappa shape index (κ1) is 14.2. The topological polar surface area (TPSA) is 79.3 Å². The number of rotatable bonds is 4. The molecule has 0 radical (unpaired) electrons. The van der Waals surface area contributed by atoms with E-state index in [1.54, 1.807) is 36.4 Å². The van der Waals surface area contributed by atoms with Crippen molar-refractivity contribution in [2.24, 2.45) is 0 Å². The van der Waals surface area contributed by atoms with Crippen LogP contribution in [-0.4, -0.2) is 22.0 Å². The van der Waals surface area contributed by atoms with Crippen LogP contribution >= 0.6 is 15.9 Å². The molecule has 0 saturated carbocycles. The Labute approximate surface area is 123 Å². The number of hydrogen-bond donors (Lipinski definition) is 2. The molecule has 0 fully saturated rings. The zero-order chi connectivity index (χ0) is 14.5. The van der Waals surface area contributed by atoms with E-state index >= 15 is 0 Å². The molecule has 20 heavy (non-hydrogen) atoms. The summed E-state index contributed by atoms with van der Waals surface area (Å²) in [6, 6.07) is 9.96. The van der Waals surface area contributed by atoms with Crippen LogP contribution in [-0.2, 0) is 11.2 Å². The van der Waals surface area contributed by atoms with Gasteiger partial charge in [-0.25, -0.2) is 4.98 Å². The van der Waals surface area contributed by atoms with E-state index in [4.69, 9.17) is 5.11 Å². The highest BCUT2D eigenvalue weighted by molar-refractivity contribution is 9.10. The molecule has 2 rings (SSSR count).